The summed E-state index contributed by atoms with van der Waals surface area (Å²) in [5, 5.41) is 18.2. The van der Waals surface area contributed by atoms with Crippen molar-refractivity contribution in [3.63, 3.8) is 0 Å². The van der Waals surface area contributed by atoms with E-state index in [1.807, 2.05) is 60.7 Å². The molecule has 3 atom stereocenters. The molecule has 0 bridgehead atoms. The second kappa shape index (κ2) is 14.2. The number of hydrogen-bond acceptors (Lipinski definition) is 6. The largest absolute Gasteiger partial charge is 0.484 e. The van der Waals surface area contributed by atoms with Crippen molar-refractivity contribution >= 4 is 28.5 Å². The second-order valence-electron chi connectivity index (χ2n) is 11.4. The molecule has 4 aromatic carbocycles. The molecular formula is C37H37N3O5. The molecule has 5 aromatic rings. The van der Waals surface area contributed by atoms with Gasteiger partial charge < -0.3 is 30.2 Å². The van der Waals surface area contributed by atoms with Crippen LogP contribution in [0.5, 0.6) is 5.75 Å². The van der Waals surface area contributed by atoms with Crippen LogP contribution in [-0.2, 0) is 27.2 Å². The number of nitrogens with one attached hydrogen (secondary N) is 3. The molecule has 0 radical (unpaired) electrons. The van der Waals surface area contributed by atoms with Crippen molar-refractivity contribution in [2.75, 3.05) is 25.0 Å². The maximum absolute atomic E-state index is 13.1. The van der Waals surface area contributed by atoms with Crippen LogP contribution in [0.25, 0.3) is 10.9 Å². The fraction of sp³-hybridized carbons (Fsp3) is 0.243. The summed E-state index contributed by atoms with van der Waals surface area (Å²) >= 11 is 0. The van der Waals surface area contributed by atoms with Crippen molar-refractivity contribution < 1.29 is 24.2 Å². The zero-order chi connectivity index (χ0) is 31.0. The molecule has 0 fully saturated rings. The first-order valence-electron chi connectivity index (χ1n) is 15.3. The molecule has 1 aromatic heterocycles. The van der Waals surface area contributed by atoms with E-state index in [1.165, 1.54) is 5.56 Å². The highest BCUT2D eigenvalue weighted by Crippen LogP contribution is 2.40. The molecule has 0 saturated heterocycles. The number of ether oxygens (including phenoxy) is 2. The van der Waals surface area contributed by atoms with Gasteiger partial charge in [-0.05, 0) is 85.3 Å². The van der Waals surface area contributed by atoms with Gasteiger partial charge in [-0.2, -0.15) is 0 Å². The van der Waals surface area contributed by atoms with Crippen molar-refractivity contribution in [2.45, 2.75) is 31.5 Å². The average Bonchev–Trinajstić information content (AvgIpc) is 3.45. The molecule has 230 valence electrons. The number of para-hydroxylation sites is 1. The average molecular weight is 604 g/mol. The molecule has 1 aliphatic carbocycles. The summed E-state index contributed by atoms with van der Waals surface area (Å²) < 4.78 is 11.6. The lowest BCUT2D eigenvalue weighted by molar-refractivity contribution is -0.161. The van der Waals surface area contributed by atoms with E-state index in [4.69, 9.17) is 9.47 Å². The first kappa shape index (κ1) is 30.1. The predicted molar refractivity (Wildman–Crippen MR) is 174 cm³/mol. The number of carbonyl (C=O) groups excluding carboxylic acids is 2. The number of esters is 1. The number of aliphatic hydroxyl groups excluding tert-OH is 1. The lowest BCUT2D eigenvalue weighted by Crippen LogP contribution is -2.32. The molecule has 6 rings (SSSR count). The Morgan fingerprint density at radius 2 is 1.62 bits per heavy atom. The number of anilines is 1. The van der Waals surface area contributed by atoms with E-state index in [1.54, 1.807) is 36.4 Å². The number of aromatic nitrogens is 1. The summed E-state index contributed by atoms with van der Waals surface area (Å²) in [6.45, 7) is 1.48. The van der Waals surface area contributed by atoms with E-state index in [9.17, 15) is 14.7 Å². The molecular weight excluding hydrogens is 566 g/mol. The van der Waals surface area contributed by atoms with E-state index in [0.717, 1.165) is 48.1 Å². The van der Waals surface area contributed by atoms with Crippen LogP contribution in [0.2, 0.25) is 0 Å². The van der Waals surface area contributed by atoms with E-state index >= 15 is 0 Å². The van der Waals surface area contributed by atoms with Gasteiger partial charge in [-0.15, -0.1) is 0 Å². The van der Waals surface area contributed by atoms with Gasteiger partial charge >= 0.3 is 5.97 Å². The SMILES string of the molecule is O=C(COc1ccccc1)Nc1ccc2[nH]c3c(c2c1)CC(CNCCc1ccccc1)CC3OC(=O)[C@H](O)c1ccccc1. The van der Waals surface area contributed by atoms with Crippen LogP contribution < -0.4 is 15.4 Å². The van der Waals surface area contributed by atoms with E-state index in [2.05, 4.69) is 27.8 Å². The summed E-state index contributed by atoms with van der Waals surface area (Å²) in [4.78, 5) is 29.3. The Kier molecular flexibility index (Phi) is 9.53. The highest BCUT2D eigenvalue weighted by molar-refractivity contribution is 5.96. The zero-order valence-electron chi connectivity index (χ0n) is 24.9. The van der Waals surface area contributed by atoms with Gasteiger partial charge in [0.05, 0.1) is 5.69 Å². The molecule has 0 saturated carbocycles. The summed E-state index contributed by atoms with van der Waals surface area (Å²) in [6.07, 6.45) is 0.391. The van der Waals surface area contributed by atoms with Crippen molar-refractivity contribution in [1.82, 2.24) is 10.3 Å². The van der Waals surface area contributed by atoms with Crippen LogP contribution in [0.15, 0.2) is 109 Å². The number of hydrogen-bond donors (Lipinski definition) is 4. The van der Waals surface area contributed by atoms with Crippen molar-refractivity contribution in [3.8, 4) is 5.75 Å². The van der Waals surface area contributed by atoms with Crippen LogP contribution in [0.4, 0.5) is 5.69 Å². The molecule has 1 aliphatic rings. The summed E-state index contributed by atoms with van der Waals surface area (Å²) in [7, 11) is 0. The van der Waals surface area contributed by atoms with Crippen molar-refractivity contribution in [3.05, 3.63) is 132 Å². The van der Waals surface area contributed by atoms with Crippen LogP contribution in [-0.4, -0.2) is 41.7 Å². The topological polar surface area (TPSA) is 113 Å². The zero-order valence-corrected chi connectivity index (χ0v) is 24.9. The van der Waals surface area contributed by atoms with Crippen molar-refractivity contribution in [2.24, 2.45) is 5.92 Å². The third-order valence-corrected chi connectivity index (χ3v) is 8.16. The fourth-order valence-corrected chi connectivity index (χ4v) is 5.92. The highest BCUT2D eigenvalue weighted by Gasteiger charge is 2.34. The van der Waals surface area contributed by atoms with Gasteiger partial charge in [-0.3, -0.25) is 4.79 Å². The second-order valence-corrected chi connectivity index (χ2v) is 11.4. The van der Waals surface area contributed by atoms with Gasteiger partial charge in [-0.25, -0.2) is 4.79 Å². The molecule has 45 heavy (non-hydrogen) atoms. The molecule has 0 aliphatic heterocycles. The standard InChI is InChI=1S/C37H37N3O5/c41-34(24-44-29-14-8-3-9-15-29)39-28-16-17-32-30(22-28)31-20-26(23-38-19-18-25-10-4-1-5-11-25)21-33(35(31)40-32)45-37(43)36(42)27-12-6-2-7-13-27/h1-17,22,26,33,36,38,40,42H,18-21,23-24H2,(H,39,41)/t26?,33?,36-/m1/s1. The first-order valence-corrected chi connectivity index (χ1v) is 15.3. The lowest BCUT2D eigenvalue weighted by atomic mass is 9.84. The van der Waals surface area contributed by atoms with Crippen LogP contribution in [0, 0.1) is 5.92 Å². The maximum Gasteiger partial charge on any atom is 0.340 e. The summed E-state index contributed by atoms with van der Waals surface area (Å²) in [5.41, 5.74) is 5.19. The minimum Gasteiger partial charge on any atom is -0.484 e. The summed E-state index contributed by atoms with van der Waals surface area (Å²) in [6, 6.07) is 34.1. The number of H-pyrrole nitrogens is 1. The number of amides is 1. The van der Waals surface area contributed by atoms with Gasteiger partial charge in [0.15, 0.2) is 12.7 Å². The molecule has 4 N–H and O–H groups in total. The Hall–Kier alpha value is -4.92. The van der Waals surface area contributed by atoms with E-state index in [-0.39, 0.29) is 18.4 Å². The van der Waals surface area contributed by atoms with Gasteiger partial charge in [0.2, 0.25) is 0 Å². The molecule has 8 heteroatoms. The van der Waals surface area contributed by atoms with Crippen LogP contribution >= 0.6 is 0 Å². The molecule has 2 unspecified atom stereocenters. The Balaban J connectivity index is 1.19. The quantitative estimate of drug-likeness (QED) is 0.104. The number of aliphatic hydroxyl groups is 1. The molecule has 1 heterocycles. The van der Waals surface area contributed by atoms with Crippen LogP contribution in [0.1, 0.15) is 41.0 Å². The minimum atomic E-state index is -1.37. The van der Waals surface area contributed by atoms with Crippen molar-refractivity contribution in [1.29, 1.82) is 0 Å². The van der Waals surface area contributed by atoms with Gasteiger partial charge in [0.25, 0.3) is 5.91 Å². The number of fused-ring (bicyclic) bond motifs is 3. The summed E-state index contributed by atoms with van der Waals surface area (Å²) in [5.74, 6) is -0.120. The molecule has 1 amide bonds. The van der Waals surface area contributed by atoms with Gasteiger partial charge in [-0.1, -0.05) is 78.9 Å². The predicted octanol–water partition coefficient (Wildman–Crippen LogP) is 5.90. The van der Waals surface area contributed by atoms with Gasteiger partial charge in [0.1, 0.15) is 11.9 Å². The monoisotopic (exact) mass is 603 g/mol. The third kappa shape index (κ3) is 7.60. The van der Waals surface area contributed by atoms with E-state index in [0.29, 0.717) is 23.4 Å². The van der Waals surface area contributed by atoms with Gasteiger partial charge in [0, 0.05) is 16.6 Å². The normalized spacial score (nSPS) is 16.5. The Bertz CT molecular complexity index is 1720. The number of rotatable bonds is 12. The minimum absolute atomic E-state index is 0.105. The first-order chi connectivity index (χ1) is 22.0. The maximum atomic E-state index is 13.1. The lowest BCUT2D eigenvalue weighted by Gasteiger charge is -2.30. The Labute approximate surface area is 262 Å². The number of benzene rings is 4. The van der Waals surface area contributed by atoms with E-state index < -0.39 is 18.2 Å². The molecule has 0 spiro atoms. The third-order valence-electron chi connectivity index (χ3n) is 8.16. The van der Waals surface area contributed by atoms with Crippen LogP contribution in [0.3, 0.4) is 0 Å². The smallest absolute Gasteiger partial charge is 0.340 e. The Morgan fingerprint density at radius 3 is 2.38 bits per heavy atom. The molecule has 8 nitrogen and oxygen atoms in total. The highest BCUT2D eigenvalue weighted by atomic mass is 16.6. The number of carbonyl (C=O) groups is 2. The number of aromatic amines is 1. The Morgan fingerprint density at radius 1 is 0.911 bits per heavy atom. The fourth-order valence-electron chi connectivity index (χ4n) is 5.92.